The molecule has 5 heterocycles. The summed E-state index contributed by atoms with van der Waals surface area (Å²) >= 11 is 8.60. The molecule has 0 fully saturated rings. The van der Waals surface area contributed by atoms with E-state index in [9.17, 15) is 14.4 Å². The van der Waals surface area contributed by atoms with E-state index in [0.717, 1.165) is 22.0 Å². The molecule has 6 aromatic rings. The van der Waals surface area contributed by atoms with Crippen molar-refractivity contribution in [3.63, 3.8) is 0 Å². The number of hydrogen-bond acceptors (Lipinski definition) is 9. The smallest absolute Gasteiger partial charge is 0.291 e. The fraction of sp³-hybridized carbons (Fsp3) is 0.0667. The van der Waals surface area contributed by atoms with Crippen LogP contribution in [0, 0.1) is 0 Å². The zero-order chi connectivity index (χ0) is 29.1. The molecule has 1 aromatic carbocycles. The molecule has 42 heavy (non-hydrogen) atoms. The second kappa shape index (κ2) is 12.0. The Morgan fingerprint density at radius 2 is 1.71 bits per heavy atom. The molecule has 5 aromatic heterocycles. The minimum absolute atomic E-state index is 0.151. The highest BCUT2D eigenvalue weighted by Crippen LogP contribution is 2.28. The van der Waals surface area contributed by atoms with Crippen molar-refractivity contribution < 1.29 is 9.59 Å². The van der Waals surface area contributed by atoms with Gasteiger partial charge in [0.2, 0.25) is 0 Å². The molecule has 0 saturated heterocycles. The van der Waals surface area contributed by atoms with E-state index in [1.807, 2.05) is 48.5 Å². The first kappa shape index (κ1) is 27.5. The maximum Gasteiger partial charge on any atom is 0.291 e. The maximum absolute atomic E-state index is 13.6. The van der Waals surface area contributed by atoms with Gasteiger partial charge in [0.1, 0.15) is 10.7 Å². The molecule has 0 spiro atoms. The first-order valence-corrected chi connectivity index (χ1v) is 14.7. The van der Waals surface area contributed by atoms with Gasteiger partial charge in [0, 0.05) is 46.7 Å². The zero-order valence-electron chi connectivity index (χ0n) is 21.8. The lowest BCUT2D eigenvalue weighted by atomic mass is 10.1. The number of aromatic nitrogens is 5. The van der Waals surface area contributed by atoms with Crippen LogP contribution in [0.15, 0.2) is 102 Å². The number of nitrogens with zero attached hydrogens (tertiary/aromatic N) is 5. The lowest BCUT2D eigenvalue weighted by Crippen LogP contribution is -2.25. The molecule has 208 valence electrons. The fourth-order valence-corrected chi connectivity index (χ4v) is 5.93. The molecule has 0 unspecified atom stereocenters. The Morgan fingerprint density at radius 1 is 0.905 bits per heavy atom. The summed E-state index contributed by atoms with van der Waals surface area (Å²) in [6, 6.07) is 22.9. The van der Waals surface area contributed by atoms with E-state index in [-0.39, 0.29) is 23.8 Å². The Balaban J connectivity index is 1.42. The minimum Gasteiger partial charge on any atom is -0.365 e. The number of carbonyl (C=O) groups is 2. The van der Waals surface area contributed by atoms with Gasteiger partial charge >= 0.3 is 0 Å². The van der Waals surface area contributed by atoms with E-state index < -0.39 is 0 Å². The van der Waals surface area contributed by atoms with Crippen LogP contribution in [-0.4, -0.2) is 35.4 Å². The van der Waals surface area contributed by atoms with E-state index >= 15 is 0 Å². The summed E-state index contributed by atoms with van der Waals surface area (Å²) < 4.78 is 7.43. The molecule has 0 aliphatic rings. The molecule has 0 amide bonds. The molecule has 9 nitrogen and oxygen atoms in total. The van der Waals surface area contributed by atoms with E-state index in [0.29, 0.717) is 44.1 Å². The number of nitrogens with one attached hydrogen (secondary N) is 1. The molecule has 12 heteroatoms. The van der Waals surface area contributed by atoms with Gasteiger partial charge in [0.25, 0.3) is 11.5 Å². The van der Waals surface area contributed by atoms with Gasteiger partial charge < -0.3 is 9.88 Å². The topological polar surface area (TPSA) is 112 Å². The van der Waals surface area contributed by atoms with E-state index in [1.54, 1.807) is 42.9 Å². The van der Waals surface area contributed by atoms with Crippen molar-refractivity contribution in [2.45, 2.75) is 13.1 Å². The van der Waals surface area contributed by atoms with Crippen LogP contribution in [0.5, 0.6) is 0 Å². The van der Waals surface area contributed by atoms with Crippen LogP contribution < -0.4 is 10.9 Å². The van der Waals surface area contributed by atoms with Crippen LogP contribution in [0.3, 0.4) is 0 Å². The molecule has 0 aliphatic carbocycles. The lowest BCUT2D eigenvalue weighted by molar-refractivity contribution is 0.0949. The van der Waals surface area contributed by atoms with E-state index in [2.05, 4.69) is 19.8 Å². The highest BCUT2D eigenvalue weighted by Gasteiger charge is 2.21. The summed E-state index contributed by atoms with van der Waals surface area (Å²) in [5.41, 5.74) is 2.31. The summed E-state index contributed by atoms with van der Waals surface area (Å²) in [5.74, 6) is -0.120. The Bertz CT molecular complexity index is 1930. The van der Waals surface area contributed by atoms with Gasteiger partial charge in [-0.15, -0.1) is 11.3 Å². The second-order valence-corrected chi connectivity index (χ2v) is 11.8. The molecule has 1 N–H and O–H groups in total. The predicted octanol–water partition coefficient (Wildman–Crippen LogP) is 6.13. The quantitative estimate of drug-likeness (QED) is 0.196. The van der Waals surface area contributed by atoms with Gasteiger partial charge in [-0.25, -0.2) is 4.37 Å². The highest BCUT2D eigenvalue weighted by molar-refractivity contribution is 7.16. The SMILES string of the molecule is O=C(Cn1c(-c2ccccc2)cc(-c2cc(NCc3ccc(Cl)s3)n(C(=O)c3ccns3)n2)cc1=O)c1ccncc1. The number of pyridine rings is 2. The van der Waals surface area contributed by atoms with E-state index in [1.165, 1.54) is 26.7 Å². The summed E-state index contributed by atoms with van der Waals surface area (Å²) in [4.78, 5) is 45.4. The van der Waals surface area contributed by atoms with Crippen LogP contribution in [-0.2, 0) is 13.1 Å². The summed E-state index contributed by atoms with van der Waals surface area (Å²) in [6.45, 7) is 0.272. The van der Waals surface area contributed by atoms with Crippen molar-refractivity contribution in [3.8, 4) is 22.5 Å². The Hall–Kier alpha value is -4.71. The average molecular weight is 613 g/mol. The van der Waals surface area contributed by atoms with Crippen LogP contribution >= 0.6 is 34.5 Å². The standard InChI is InChI=1S/C30H21ClN6O3S2/c31-27-7-6-22(41-27)17-33-28-16-23(35-37(28)30(40)26-10-13-34-42-26)21-14-24(19-4-2-1-3-5-19)36(29(39)15-21)18-25(38)20-8-11-32-12-9-20/h1-16,33H,17-18H2. The van der Waals surface area contributed by atoms with Crippen molar-refractivity contribution >= 4 is 52.0 Å². The number of thiophene rings is 1. The first-order valence-electron chi connectivity index (χ1n) is 12.7. The molecule has 0 atom stereocenters. The second-order valence-electron chi connectivity index (χ2n) is 9.15. The third-order valence-corrected chi connectivity index (χ3v) is 8.39. The molecule has 0 saturated carbocycles. The van der Waals surface area contributed by atoms with Gasteiger partial charge in [-0.05, 0) is 53.5 Å². The Kier molecular flexibility index (Phi) is 7.87. The molecule has 0 bridgehead atoms. The number of benzene rings is 1. The summed E-state index contributed by atoms with van der Waals surface area (Å²) in [6.07, 6.45) is 4.64. The Morgan fingerprint density at radius 3 is 2.43 bits per heavy atom. The van der Waals surface area contributed by atoms with Crippen LogP contribution in [0.2, 0.25) is 4.34 Å². The van der Waals surface area contributed by atoms with Crippen LogP contribution in [0.1, 0.15) is 24.9 Å². The number of Topliss-reactive ketones (excluding diaryl/α,β-unsaturated/α-hetero) is 1. The fourth-order valence-electron chi connectivity index (χ4n) is 4.39. The monoisotopic (exact) mass is 612 g/mol. The Labute approximate surface area is 252 Å². The molecular formula is C30H21ClN6O3S2. The highest BCUT2D eigenvalue weighted by atomic mass is 35.5. The molecule has 6 rings (SSSR count). The number of anilines is 1. The third kappa shape index (κ3) is 5.84. The van der Waals surface area contributed by atoms with Gasteiger partial charge in [0.05, 0.1) is 28.8 Å². The maximum atomic E-state index is 13.6. The number of hydrogen-bond donors (Lipinski definition) is 1. The third-order valence-electron chi connectivity index (χ3n) is 6.42. The number of rotatable bonds is 9. The molecule has 0 aliphatic heterocycles. The predicted molar refractivity (Wildman–Crippen MR) is 164 cm³/mol. The average Bonchev–Trinajstić information content (AvgIpc) is 3.79. The van der Waals surface area contributed by atoms with Crippen molar-refractivity contribution in [3.05, 3.63) is 127 Å². The van der Waals surface area contributed by atoms with Gasteiger partial charge in [-0.3, -0.25) is 19.4 Å². The normalized spacial score (nSPS) is 11.0. The largest absolute Gasteiger partial charge is 0.365 e. The number of carbonyl (C=O) groups excluding carboxylic acids is 2. The van der Waals surface area contributed by atoms with Crippen molar-refractivity contribution in [2.24, 2.45) is 0 Å². The van der Waals surface area contributed by atoms with Crippen molar-refractivity contribution in [1.29, 1.82) is 0 Å². The first-order chi connectivity index (χ1) is 20.5. The zero-order valence-corrected chi connectivity index (χ0v) is 24.2. The van der Waals surface area contributed by atoms with Crippen LogP contribution in [0.4, 0.5) is 5.82 Å². The summed E-state index contributed by atoms with van der Waals surface area (Å²) in [7, 11) is 0. The van der Waals surface area contributed by atoms with Gasteiger partial charge in [-0.2, -0.15) is 9.78 Å². The van der Waals surface area contributed by atoms with Crippen molar-refractivity contribution in [1.82, 2.24) is 23.7 Å². The number of halogens is 1. The summed E-state index contributed by atoms with van der Waals surface area (Å²) in [5, 5.41) is 7.88. The van der Waals surface area contributed by atoms with Crippen LogP contribution in [0.25, 0.3) is 22.5 Å². The lowest BCUT2D eigenvalue weighted by Gasteiger charge is -2.14. The molecule has 0 radical (unpaired) electrons. The van der Waals surface area contributed by atoms with Crippen molar-refractivity contribution in [2.75, 3.05) is 5.32 Å². The minimum atomic E-state index is -0.375. The van der Waals surface area contributed by atoms with Gasteiger partial charge in [0.15, 0.2) is 5.78 Å². The van der Waals surface area contributed by atoms with Gasteiger partial charge in [-0.1, -0.05) is 41.9 Å². The molecular weight excluding hydrogens is 592 g/mol. The van der Waals surface area contributed by atoms with E-state index in [4.69, 9.17) is 11.6 Å². The number of ketones is 1.